The van der Waals surface area contributed by atoms with Gasteiger partial charge < -0.3 is 19.0 Å². The van der Waals surface area contributed by atoms with E-state index in [0.29, 0.717) is 29.9 Å². The molecule has 26 heavy (non-hydrogen) atoms. The maximum atomic E-state index is 12.5. The lowest BCUT2D eigenvalue weighted by atomic mass is 10.00. The number of likely N-dealkylation sites (tertiary alicyclic amines) is 1. The van der Waals surface area contributed by atoms with Gasteiger partial charge in [-0.25, -0.2) is 9.78 Å². The molecule has 0 saturated carbocycles. The molecule has 1 aliphatic rings. The molecular formula is C18H15N3O5. The Bertz CT molecular complexity index is 1060. The van der Waals surface area contributed by atoms with E-state index in [2.05, 4.69) is 4.98 Å². The molecule has 1 fully saturated rings. The van der Waals surface area contributed by atoms with Gasteiger partial charge in [0.2, 0.25) is 11.8 Å². The van der Waals surface area contributed by atoms with Crippen LogP contribution in [0.15, 0.2) is 52.0 Å². The maximum Gasteiger partial charge on any atom is 0.357 e. The predicted molar refractivity (Wildman–Crippen MR) is 91.0 cm³/mol. The normalized spacial score (nSPS) is 14.4. The Kier molecular flexibility index (Phi) is 3.80. The first-order valence-electron chi connectivity index (χ1n) is 8.07. The van der Waals surface area contributed by atoms with Crippen molar-refractivity contribution in [3.63, 3.8) is 0 Å². The lowest BCUT2D eigenvalue weighted by Gasteiger charge is -2.37. The smallest absolute Gasteiger partial charge is 0.357 e. The average molecular weight is 353 g/mol. The summed E-state index contributed by atoms with van der Waals surface area (Å²) in [6.45, 7) is 0.979. The van der Waals surface area contributed by atoms with Crippen LogP contribution in [-0.4, -0.2) is 44.5 Å². The van der Waals surface area contributed by atoms with Crippen LogP contribution < -0.4 is 5.43 Å². The summed E-state index contributed by atoms with van der Waals surface area (Å²) in [5.41, 5.74) is 0.500. The summed E-state index contributed by atoms with van der Waals surface area (Å²) in [4.78, 5) is 40.8. The molecule has 0 atom stereocenters. The third-order valence-corrected chi connectivity index (χ3v) is 4.51. The number of aromatic nitrogens is 2. The molecule has 0 bridgehead atoms. The van der Waals surface area contributed by atoms with E-state index in [1.54, 1.807) is 27.8 Å². The van der Waals surface area contributed by atoms with Crippen molar-refractivity contribution in [2.75, 3.05) is 13.1 Å². The number of nitrogens with zero attached hydrogens (tertiary/aromatic N) is 3. The van der Waals surface area contributed by atoms with Crippen LogP contribution in [0.1, 0.15) is 22.3 Å². The molecule has 0 spiro atoms. The van der Waals surface area contributed by atoms with Gasteiger partial charge in [-0.1, -0.05) is 12.1 Å². The Hall–Kier alpha value is -3.42. The number of carbonyl (C=O) groups is 2. The Morgan fingerprint density at radius 3 is 2.73 bits per heavy atom. The highest BCUT2D eigenvalue weighted by Gasteiger charge is 2.35. The molecule has 8 heteroatoms. The first kappa shape index (κ1) is 16.1. The van der Waals surface area contributed by atoms with Crippen molar-refractivity contribution in [3.8, 4) is 0 Å². The summed E-state index contributed by atoms with van der Waals surface area (Å²) in [6.07, 6.45) is 2.72. The molecule has 4 rings (SSSR count). The second kappa shape index (κ2) is 6.14. The molecule has 3 aromatic rings. The van der Waals surface area contributed by atoms with E-state index in [9.17, 15) is 14.4 Å². The molecular weight excluding hydrogens is 338 g/mol. The molecule has 1 amide bonds. The minimum Gasteiger partial charge on any atom is -0.476 e. The zero-order valence-electron chi connectivity index (χ0n) is 13.7. The van der Waals surface area contributed by atoms with Gasteiger partial charge in [0.05, 0.1) is 11.4 Å². The van der Waals surface area contributed by atoms with Crippen LogP contribution in [0, 0.1) is 0 Å². The van der Waals surface area contributed by atoms with Crippen LogP contribution in [-0.2, 0) is 11.3 Å². The van der Waals surface area contributed by atoms with E-state index < -0.39 is 5.97 Å². The number of carboxylic acid groups (broad SMARTS) is 1. The Morgan fingerprint density at radius 1 is 1.23 bits per heavy atom. The fraction of sp³-hybridized carbons (Fsp3) is 0.222. The van der Waals surface area contributed by atoms with E-state index in [1.807, 2.05) is 12.1 Å². The molecule has 0 unspecified atom stereocenters. The van der Waals surface area contributed by atoms with Gasteiger partial charge in [-0.2, -0.15) is 0 Å². The van der Waals surface area contributed by atoms with E-state index in [1.165, 1.54) is 6.07 Å². The standard InChI is InChI=1S/C18H15N3O5/c22-15-5-6-20(14-4-2-1-3-12(14)15)9-16(23)21-7-11(8-21)17-19-13(10-26-17)18(24)25/h1-6,10-11H,7-9H2,(H,24,25). The maximum absolute atomic E-state index is 12.5. The van der Waals surface area contributed by atoms with Crippen molar-refractivity contribution in [2.45, 2.75) is 12.5 Å². The SMILES string of the molecule is O=C(O)c1coc(C2CN(C(=O)Cn3ccc(=O)c4ccccc43)C2)n1. The van der Waals surface area contributed by atoms with Crippen LogP contribution in [0.4, 0.5) is 0 Å². The lowest BCUT2D eigenvalue weighted by Crippen LogP contribution is -2.49. The monoisotopic (exact) mass is 353 g/mol. The molecule has 3 heterocycles. The second-order valence-electron chi connectivity index (χ2n) is 6.20. The lowest BCUT2D eigenvalue weighted by molar-refractivity contribution is -0.136. The van der Waals surface area contributed by atoms with E-state index >= 15 is 0 Å². The number of aromatic carboxylic acids is 1. The zero-order chi connectivity index (χ0) is 18.3. The largest absolute Gasteiger partial charge is 0.476 e. The van der Waals surface area contributed by atoms with Crippen LogP contribution in [0.5, 0.6) is 0 Å². The van der Waals surface area contributed by atoms with Crippen molar-refractivity contribution in [2.24, 2.45) is 0 Å². The quantitative estimate of drug-likeness (QED) is 0.758. The number of fused-ring (bicyclic) bond motifs is 1. The molecule has 1 aromatic carbocycles. The number of carbonyl (C=O) groups excluding carboxylic acids is 1. The fourth-order valence-electron chi connectivity index (χ4n) is 3.06. The number of carboxylic acids is 1. The molecule has 8 nitrogen and oxygen atoms in total. The van der Waals surface area contributed by atoms with E-state index in [4.69, 9.17) is 9.52 Å². The number of pyridine rings is 1. The van der Waals surface area contributed by atoms with Crippen molar-refractivity contribution in [1.82, 2.24) is 14.5 Å². The van der Waals surface area contributed by atoms with E-state index in [-0.39, 0.29) is 29.5 Å². The first-order chi connectivity index (χ1) is 12.5. The number of hydrogen-bond acceptors (Lipinski definition) is 5. The highest BCUT2D eigenvalue weighted by atomic mass is 16.4. The van der Waals surface area contributed by atoms with Crippen molar-refractivity contribution in [3.05, 3.63) is 64.6 Å². The summed E-state index contributed by atoms with van der Waals surface area (Å²) in [6, 6.07) is 8.61. The molecule has 0 radical (unpaired) electrons. The first-order valence-corrected chi connectivity index (χ1v) is 8.07. The van der Waals surface area contributed by atoms with Crippen molar-refractivity contribution < 1.29 is 19.1 Å². The van der Waals surface area contributed by atoms with Crippen LogP contribution >= 0.6 is 0 Å². The topological polar surface area (TPSA) is 106 Å². The zero-order valence-corrected chi connectivity index (χ0v) is 13.7. The van der Waals surface area contributed by atoms with Gasteiger partial charge in [-0.15, -0.1) is 0 Å². The Balaban J connectivity index is 1.45. The minimum atomic E-state index is -1.14. The number of rotatable bonds is 4. The third-order valence-electron chi connectivity index (χ3n) is 4.51. The van der Waals surface area contributed by atoms with Crippen LogP contribution in [0.3, 0.4) is 0 Å². The van der Waals surface area contributed by atoms with Crippen LogP contribution in [0.2, 0.25) is 0 Å². The number of para-hydroxylation sites is 1. The molecule has 1 saturated heterocycles. The number of hydrogen-bond donors (Lipinski definition) is 1. The van der Waals surface area contributed by atoms with Crippen molar-refractivity contribution in [1.29, 1.82) is 0 Å². The average Bonchev–Trinajstić information content (AvgIpc) is 3.06. The molecule has 1 N–H and O–H groups in total. The molecule has 1 aliphatic heterocycles. The minimum absolute atomic E-state index is 0.0774. The number of amides is 1. The third kappa shape index (κ3) is 2.75. The van der Waals surface area contributed by atoms with Gasteiger partial charge in [-0.05, 0) is 12.1 Å². The predicted octanol–water partition coefficient (Wildman–Crippen LogP) is 1.31. The van der Waals surface area contributed by atoms with Gasteiger partial charge >= 0.3 is 5.97 Å². The van der Waals surface area contributed by atoms with Gasteiger partial charge in [-0.3, -0.25) is 9.59 Å². The summed E-state index contributed by atoms with van der Waals surface area (Å²) < 4.78 is 6.93. The summed E-state index contributed by atoms with van der Waals surface area (Å²) >= 11 is 0. The molecule has 2 aromatic heterocycles. The summed E-state index contributed by atoms with van der Waals surface area (Å²) in [5, 5.41) is 9.44. The Labute approximate surface area is 147 Å². The van der Waals surface area contributed by atoms with Gasteiger partial charge in [0.25, 0.3) is 0 Å². The highest BCUT2D eigenvalue weighted by molar-refractivity contribution is 5.85. The van der Waals surface area contributed by atoms with Crippen molar-refractivity contribution >= 4 is 22.8 Å². The fourth-order valence-corrected chi connectivity index (χ4v) is 3.06. The van der Waals surface area contributed by atoms with E-state index in [0.717, 1.165) is 6.26 Å². The molecule has 132 valence electrons. The summed E-state index contributed by atoms with van der Waals surface area (Å²) in [7, 11) is 0. The van der Waals surface area contributed by atoms with Gasteiger partial charge in [0.15, 0.2) is 11.1 Å². The summed E-state index contributed by atoms with van der Waals surface area (Å²) in [5.74, 6) is -0.990. The van der Waals surface area contributed by atoms with Crippen LogP contribution in [0.25, 0.3) is 10.9 Å². The Morgan fingerprint density at radius 2 is 2.00 bits per heavy atom. The number of benzene rings is 1. The highest BCUT2D eigenvalue weighted by Crippen LogP contribution is 2.27. The van der Waals surface area contributed by atoms with Gasteiger partial charge in [0.1, 0.15) is 12.8 Å². The van der Waals surface area contributed by atoms with Gasteiger partial charge in [0, 0.05) is 30.7 Å². The second-order valence-corrected chi connectivity index (χ2v) is 6.20. The molecule has 0 aliphatic carbocycles. The number of oxazole rings is 1.